The van der Waals surface area contributed by atoms with Gasteiger partial charge < -0.3 is 15.1 Å². The van der Waals surface area contributed by atoms with E-state index >= 15 is 0 Å². The molecule has 1 heterocycles. The molecule has 1 fully saturated rings. The van der Waals surface area contributed by atoms with Gasteiger partial charge in [-0.15, -0.1) is 0 Å². The maximum Gasteiger partial charge on any atom is 0.194 e. The molecule has 0 aliphatic carbocycles. The van der Waals surface area contributed by atoms with Crippen LogP contribution in [0.15, 0.2) is 65.7 Å². The van der Waals surface area contributed by atoms with Gasteiger partial charge in [-0.3, -0.25) is 4.99 Å². The number of nitrogens with zero attached hydrogens (tertiary/aromatic N) is 3. The van der Waals surface area contributed by atoms with E-state index in [9.17, 15) is 8.42 Å². The van der Waals surface area contributed by atoms with Crippen molar-refractivity contribution >= 4 is 21.5 Å². The van der Waals surface area contributed by atoms with E-state index in [4.69, 9.17) is 4.99 Å². The highest BCUT2D eigenvalue weighted by Gasteiger charge is 2.19. The SMILES string of the molecule is CCNC(=NCCCS(=O)(=O)Cc1ccccc1)N1CCN(c2ccccc2)CC1. The topological polar surface area (TPSA) is 65.0 Å². The fourth-order valence-electron chi connectivity index (χ4n) is 3.61. The molecule has 162 valence electrons. The highest BCUT2D eigenvalue weighted by Crippen LogP contribution is 2.15. The number of aliphatic imine (C=N–C) groups is 1. The predicted molar refractivity (Wildman–Crippen MR) is 125 cm³/mol. The zero-order valence-electron chi connectivity index (χ0n) is 17.7. The summed E-state index contributed by atoms with van der Waals surface area (Å²) in [5.74, 6) is 1.14. The first-order valence-corrected chi connectivity index (χ1v) is 12.5. The number of hydrogen-bond acceptors (Lipinski definition) is 4. The van der Waals surface area contributed by atoms with Crippen LogP contribution in [-0.2, 0) is 15.6 Å². The third-order valence-corrected chi connectivity index (χ3v) is 6.82. The van der Waals surface area contributed by atoms with Crippen LogP contribution < -0.4 is 10.2 Å². The van der Waals surface area contributed by atoms with E-state index < -0.39 is 9.84 Å². The van der Waals surface area contributed by atoms with Crippen LogP contribution in [0, 0.1) is 0 Å². The van der Waals surface area contributed by atoms with E-state index in [1.165, 1.54) is 5.69 Å². The van der Waals surface area contributed by atoms with Crippen LogP contribution in [0.3, 0.4) is 0 Å². The molecule has 0 aromatic heterocycles. The molecular formula is C23H32N4O2S. The third-order valence-electron chi connectivity index (χ3n) is 5.14. The van der Waals surface area contributed by atoms with Crippen molar-refractivity contribution in [3.05, 3.63) is 66.2 Å². The third kappa shape index (κ3) is 6.76. The van der Waals surface area contributed by atoms with Crippen molar-refractivity contribution in [3.63, 3.8) is 0 Å². The number of para-hydroxylation sites is 1. The lowest BCUT2D eigenvalue weighted by molar-refractivity contribution is 0.372. The fraction of sp³-hybridized carbons (Fsp3) is 0.435. The first-order valence-electron chi connectivity index (χ1n) is 10.6. The number of sulfone groups is 1. The van der Waals surface area contributed by atoms with E-state index in [0.29, 0.717) is 13.0 Å². The van der Waals surface area contributed by atoms with Crippen LogP contribution in [0.5, 0.6) is 0 Å². The Kier molecular flexibility index (Phi) is 8.13. The van der Waals surface area contributed by atoms with Gasteiger partial charge >= 0.3 is 0 Å². The quantitative estimate of drug-likeness (QED) is 0.398. The molecule has 0 amide bonds. The van der Waals surface area contributed by atoms with Crippen LogP contribution in [0.1, 0.15) is 18.9 Å². The van der Waals surface area contributed by atoms with Gasteiger partial charge in [0, 0.05) is 45.0 Å². The predicted octanol–water partition coefficient (Wildman–Crippen LogP) is 2.78. The Balaban J connectivity index is 1.49. The van der Waals surface area contributed by atoms with Gasteiger partial charge in [0.15, 0.2) is 15.8 Å². The van der Waals surface area contributed by atoms with Crippen molar-refractivity contribution in [2.75, 3.05) is 49.9 Å². The Morgan fingerprint density at radius 2 is 1.60 bits per heavy atom. The lowest BCUT2D eigenvalue weighted by Gasteiger charge is -2.37. The van der Waals surface area contributed by atoms with Crippen LogP contribution in [0.25, 0.3) is 0 Å². The molecule has 0 atom stereocenters. The molecule has 7 heteroatoms. The highest BCUT2D eigenvalue weighted by molar-refractivity contribution is 7.90. The normalized spacial score (nSPS) is 15.3. The first kappa shape index (κ1) is 22.2. The summed E-state index contributed by atoms with van der Waals surface area (Å²) in [6, 6.07) is 19.8. The van der Waals surface area contributed by atoms with Crippen molar-refractivity contribution in [1.82, 2.24) is 10.2 Å². The molecule has 2 aromatic rings. The van der Waals surface area contributed by atoms with Gasteiger partial charge in [-0.05, 0) is 31.0 Å². The molecule has 0 spiro atoms. The van der Waals surface area contributed by atoms with E-state index in [0.717, 1.165) is 44.2 Å². The Bertz CT molecular complexity index is 893. The summed E-state index contributed by atoms with van der Waals surface area (Å²) in [6.07, 6.45) is 0.536. The second-order valence-electron chi connectivity index (χ2n) is 7.48. The fourth-order valence-corrected chi connectivity index (χ4v) is 5.02. The van der Waals surface area contributed by atoms with E-state index in [1.54, 1.807) is 0 Å². The smallest absolute Gasteiger partial charge is 0.194 e. The number of rotatable bonds is 8. The zero-order valence-corrected chi connectivity index (χ0v) is 18.5. The average Bonchev–Trinajstić information content (AvgIpc) is 2.77. The number of benzene rings is 2. The van der Waals surface area contributed by atoms with E-state index in [2.05, 4.69) is 46.3 Å². The largest absolute Gasteiger partial charge is 0.368 e. The summed E-state index contributed by atoms with van der Waals surface area (Å²) in [6.45, 7) is 7.04. The second-order valence-corrected chi connectivity index (χ2v) is 9.66. The van der Waals surface area contributed by atoms with Gasteiger partial charge in [0.2, 0.25) is 0 Å². The monoisotopic (exact) mass is 428 g/mol. The average molecular weight is 429 g/mol. The Labute approximate surface area is 180 Å². The second kappa shape index (κ2) is 11.0. The van der Waals surface area contributed by atoms with Gasteiger partial charge in [-0.2, -0.15) is 0 Å². The minimum Gasteiger partial charge on any atom is -0.368 e. The summed E-state index contributed by atoms with van der Waals surface area (Å²) < 4.78 is 24.7. The molecule has 0 radical (unpaired) electrons. The number of nitrogens with one attached hydrogen (secondary N) is 1. The first-order chi connectivity index (χ1) is 14.6. The van der Waals surface area contributed by atoms with Crippen LogP contribution in [0.2, 0.25) is 0 Å². The zero-order chi connectivity index (χ0) is 21.2. The molecule has 1 saturated heterocycles. The van der Waals surface area contributed by atoms with Crippen molar-refractivity contribution in [1.29, 1.82) is 0 Å². The summed E-state index contributed by atoms with van der Waals surface area (Å²) in [4.78, 5) is 9.34. The summed E-state index contributed by atoms with van der Waals surface area (Å²) in [5.41, 5.74) is 2.09. The number of hydrogen-bond donors (Lipinski definition) is 1. The molecule has 0 saturated carbocycles. The summed E-state index contributed by atoms with van der Waals surface area (Å²) >= 11 is 0. The van der Waals surface area contributed by atoms with E-state index in [1.807, 2.05) is 36.4 Å². The van der Waals surface area contributed by atoms with Gasteiger partial charge in [0.25, 0.3) is 0 Å². The van der Waals surface area contributed by atoms with Crippen LogP contribution in [-0.4, -0.2) is 64.3 Å². The van der Waals surface area contributed by atoms with Gasteiger partial charge in [-0.1, -0.05) is 48.5 Å². The summed E-state index contributed by atoms with van der Waals surface area (Å²) in [5, 5.41) is 3.35. The maximum atomic E-state index is 12.4. The van der Waals surface area contributed by atoms with Crippen molar-refractivity contribution in [2.45, 2.75) is 19.1 Å². The van der Waals surface area contributed by atoms with Crippen molar-refractivity contribution in [3.8, 4) is 0 Å². The van der Waals surface area contributed by atoms with Gasteiger partial charge in [0.05, 0.1) is 11.5 Å². The van der Waals surface area contributed by atoms with Gasteiger partial charge in [-0.25, -0.2) is 8.42 Å². The molecule has 2 aromatic carbocycles. The molecule has 3 rings (SSSR count). The number of anilines is 1. The molecule has 1 N–H and O–H groups in total. The molecule has 6 nitrogen and oxygen atoms in total. The molecular weight excluding hydrogens is 396 g/mol. The van der Waals surface area contributed by atoms with Crippen molar-refractivity contribution in [2.24, 2.45) is 4.99 Å². The Morgan fingerprint density at radius 3 is 2.23 bits per heavy atom. The lowest BCUT2D eigenvalue weighted by atomic mass is 10.2. The highest BCUT2D eigenvalue weighted by atomic mass is 32.2. The molecule has 1 aliphatic heterocycles. The molecule has 30 heavy (non-hydrogen) atoms. The lowest BCUT2D eigenvalue weighted by Crippen LogP contribution is -2.52. The Hall–Kier alpha value is -2.54. The standard InChI is InChI=1S/C23H32N4O2S/c1-2-24-23(27-17-15-26(16-18-27)22-12-7-4-8-13-22)25-14-9-19-30(28,29)20-21-10-5-3-6-11-21/h3-8,10-13H,2,9,14-20H2,1H3,(H,24,25). The maximum absolute atomic E-state index is 12.4. The Morgan fingerprint density at radius 1 is 0.967 bits per heavy atom. The van der Waals surface area contributed by atoms with Crippen molar-refractivity contribution < 1.29 is 8.42 Å². The minimum absolute atomic E-state index is 0.0963. The summed E-state index contributed by atoms with van der Waals surface area (Å²) in [7, 11) is -3.12. The van der Waals surface area contributed by atoms with Gasteiger partial charge in [0.1, 0.15) is 0 Å². The molecule has 1 aliphatic rings. The van der Waals surface area contributed by atoms with Crippen LogP contribution in [0.4, 0.5) is 5.69 Å². The molecule has 0 bridgehead atoms. The number of guanidine groups is 1. The minimum atomic E-state index is -3.12. The van der Waals surface area contributed by atoms with E-state index in [-0.39, 0.29) is 11.5 Å². The van der Waals surface area contributed by atoms with Crippen LogP contribution >= 0.6 is 0 Å². The molecule has 0 unspecified atom stereocenters. The number of piperazine rings is 1.